The minimum Gasteiger partial charge on any atom is -0.307 e. The molecule has 23 heavy (non-hydrogen) atoms. The van der Waals surface area contributed by atoms with E-state index >= 15 is 0 Å². The fourth-order valence-corrected chi connectivity index (χ4v) is 2.26. The molecule has 0 aliphatic carbocycles. The van der Waals surface area contributed by atoms with Crippen LogP contribution in [0.2, 0.25) is 0 Å². The van der Waals surface area contributed by atoms with E-state index in [2.05, 4.69) is 15.4 Å². The van der Waals surface area contributed by atoms with Crippen molar-refractivity contribution in [3.8, 4) is 0 Å². The monoisotopic (exact) mass is 310 g/mol. The number of aryl methyl sites for hydroxylation is 1. The Bertz CT molecular complexity index is 844. The molecule has 6 heteroatoms. The summed E-state index contributed by atoms with van der Waals surface area (Å²) in [5, 5.41) is 6.78. The highest BCUT2D eigenvalue weighted by Gasteiger charge is 2.10. The maximum absolute atomic E-state index is 13.2. The topological polar surface area (TPSA) is 59.8 Å². The van der Waals surface area contributed by atoms with Crippen molar-refractivity contribution in [1.82, 2.24) is 14.8 Å². The van der Waals surface area contributed by atoms with Crippen molar-refractivity contribution < 1.29 is 9.18 Å². The van der Waals surface area contributed by atoms with E-state index in [1.807, 2.05) is 6.07 Å². The van der Waals surface area contributed by atoms with E-state index in [1.165, 1.54) is 12.1 Å². The minimum absolute atomic E-state index is 0.239. The van der Waals surface area contributed by atoms with Gasteiger partial charge in [0.1, 0.15) is 11.6 Å². The average molecular weight is 310 g/mol. The van der Waals surface area contributed by atoms with E-state index in [-0.39, 0.29) is 11.7 Å². The first-order valence-electron chi connectivity index (χ1n) is 7.10. The number of carbonyl (C=O) groups is 1. The number of rotatable bonds is 4. The van der Waals surface area contributed by atoms with Crippen molar-refractivity contribution in [2.24, 2.45) is 7.05 Å². The summed E-state index contributed by atoms with van der Waals surface area (Å²) in [6.45, 7) is 0. The first-order valence-corrected chi connectivity index (χ1v) is 7.10. The fourth-order valence-electron chi connectivity index (χ4n) is 2.26. The van der Waals surface area contributed by atoms with Gasteiger partial charge in [-0.05, 0) is 29.8 Å². The standard InChI is InChI=1S/C17H15FN4O/c1-22-16(6-8-20-22)21-17(23)13-5-7-19-15(11-13)10-12-3-2-4-14(18)9-12/h2-9,11H,10H2,1H3,(H,21,23). The molecule has 5 nitrogen and oxygen atoms in total. The highest BCUT2D eigenvalue weighted by Crippen LogP contribution is 2.12. The molecule has 0 spiro atoms. The third-order valence-electron chi connectivity index (χ3n) is 3.42. The number of amides is 1. The third kappa shape index (κ3) is 3.60. The highest BCUT2D eigenvalue weighted by atomic mass is 19.1. The second-order valence-corrected chi connectivity index (χ2v) is 5.14. The zero-order valence-corrected chi connectivity index (χ0v) is 12.5. The normalized spacial score (nSPS) is 10.5. The third-order valence-corrected chi connectivity index (χ3v) is 3.42. The van der Waals surface area contributed by atoms with Gasteiger partial charge in [-0.2, -0.15) is 5.10 Å². The molecule has 2 heterocycles. The van der Waals surface area contributed by atoms with Crippen molar-refractivity contribution in [3.63, 3.8) is 0 Å². The van der Waals surface area contributed by atoms with Gasteiger partial charge in [0.15, 0.2) is 0 Å². The molecule has 2 aromatic heterocycles. The van der Waals surface area contributed by atoms with Crippen LogP contribution in [-0.4, -0.2) is 20.7 Å². The number of hydrogen-bond acceptors (Lipinski definition) is 3. The van der Waals surface area contributed by atoms with Crippen LogP contribution in [0.4, 0.5) is 10.2 Å². The summed E-state index contributed by atoms with van der Waals surface area (Å²) >= 11 is 0. The molecular weight excluding hydrogens is 295 g/mol. The average Bonchev–Trinajstić information content (AvgIpc) is 2.93. The van der Waals surface area contributed by atoms with Gasteiger partial charge in [-0.1, -0.05) is 12.1 Å². The van der Waals surface area contributed by atoms with Crippen molar-refractivity contribution in [1.29, 1.82) is 0 Å². The van der Waals surface area contributed by atoms with E-state index in [1.54, 1.807) is 48.4 Å². The molecule has 1 aromatic carbocycles. The molecule has 3 aromatic rings. The smallest absolute Gasteiger partial charge is 0.256 e. The Morgan fingerprint density at radius 1 is 1.22 bits per heavy atom. The summed E-state index contributed by atoms with van der Waals surface area (Å²) in [4.78, 5) is 16.5. The molecule has 0 aliphatic rings. The number of halogens is 1. The van der Waals surface area contributed by atoms with Gasteiger partial charge in [0.05, 0.1) is 6.20 Å². The molecule has 0 saturated heterocycles. The first kappa shape index (κ1) is 14.9. The second kappa shape index (κ2) is 6.39. The van der Waals surface area contributed by atoms with E-state index in [4.69, 9.17) is 0 Å². The summed E-state index contributed by atoms with van der Waals surface area (Å²) in [5.74, 6) is 0.0857. The highest BCUT2D eigenvalue weighted by molar-refractivity contribution is 6.03. The molecule has 0 radical (unpaired) electrons. The SMILES string of the molecule is Cn1nccc1NC(=O)c1ccnc(Cc2cccc(F)c2)c1. The molecule has 1 N–H and O–H groups in total. The van der Waals surface area contributed by atoms with Crippen LogP contribution in [-0.2, 0) is 13.5 Å². The van der Waals surface area contributed by atoms with E-state index < -0.39 is 0 Å². The largest absolute Gasteiger partial charge is 0.307 e. The van der Waals surface area contributed by atoms with E-state index in [9.17, 15) is 9.18 Å². The van der Waals surface area contributed by atoms with Crippen LogP contribution in [0.1, 0.15) is 21.6 Å². The molecule has 3 rings (SSSR count). The van der Waals surface area contributed by atoms with E-state index in [0.717, 1.165) is 5.56 Å². The van der Waals surface area contributed by atoms with E-state index in [0.29, 0.717) is 23.5 Å². The summed E-state index contributed by atoms with van der Waals surface area (Å²) in [6.07, 6.45) is 3.65. The Balaban J connectivity index is 1.77. The Hall–Kier alpha value is -3.02. The summed E-state index contributed by atoms with van der Waals surface area (Å²) in [7, 11) is 1.75. The zero-order valence-electron chi connectivity index (χ0n) is 12.5. The number of benzene rings is 1. The lowest BCUT2D eigenvalue weighted by Crippen LogP contribution is -2.15. The first-order chi connectivity index (χ1) is 11.1. The Labute approximate surface area is 132 Å². The van der Waals surface area contributed by atoms with Crippen molar-refractivity contribution in [3.05, 3.63) is 77.5 Å². The van der Waals surface area contributed by atoms with Gasteiger partial charge in [-0.25, -0.2) is 4.39 Å². The molecule has 1 amide bonds. The number of hydrogen-bond donors (Lipinski definition) is 1. The maximum atomic E-state index is 13.2. The molecule has 0 unspecified atom stereocenters. The molecule has 116 valence electrons. The molecule has 0 aliphatic heterocycles. The fraction of sp³-hybridized carbons (Fsp3) is 0.118. The number of anilines is 1. The Morgan fingerprint density at radius 3 is 2.83 bits per heavy atom. The lowest BCUT2D eigenvalue weighted by atomic mass is 10.1. The Kier molecular flexibility index (Phi) is 4.14. The number of nitrogens with one attached hydrogen (secondary N) is 1. The minimum atomic E-state index is -0.285. The van der Waals surface area contributed by atoms with Gasteiger partial charge in [0.25, 0.3) is 5.91 Å². The second-order valence-electron chi connectivity index (χ2n) is 5.14. The molecular formula is C17H15FN4O. The number of pyridine rings is 1. The maximum Gasteiger partial charge on any atom is 0.256 e. The summed E-state index contributed by atoms with van der Waals surface area (Å²) < 4.78 is 14.8. The zero-order chi connectivity index (χ0) is 16.2. The van der Waals surface area contributed by atoms with Crippen LogP contribution < -0.4 is 5.32 Å². The summed E-state index contributed by atoms with van der Waals surface area (Å²) in [6, 6.07) is 11.4. The Morgan fingerprint density at radius 2 is 2.09 bits per heavy atom. The predicted octanol–water partition coefficient (Wildman–Crippen LogP) is 2.80. The van der Waals surface area contributed by atoms with Gasteiger partial charge in [-0.15, -0.1) is 0 Å². The van der Waals surface area contributed by atoms with Gasteiger partial charge in [0, 0.05) is 37.0 Å². The lowest BCUT2D eigenvalue weighted by Gasteiger charge is -2.07. The van der Waals surface area contributed by atoms with Gasteiger partial charge in [0.2, 0.25) is 0 Å². The lowest BCUT2D eigenvalue weighted by molar-refractivity contribution is 0.102. The van der Waals surface area contributed by atoms with Gasteiger partial charge < -0.3 is 5.32 Å². The number of nitrogens with zero attached hydrogens (tertiary/aromatic N) is 3. The van der Waals surface area contributed by atoms with Crippen LogP contribution in [0.25, 0.3) is 0 Å². The van der Waals surface area contributed by atoms with Gasteiger partial charge in [-0.3, -0.25) is 14.5 Å². The molecule has 0 fully saturated rings. The van der Waals surface area contributed by atoms with Crippen LogP contribution in [0, 0.1) is 5.82 Å². The number of carbonyl (C=O) groups excluding carboxylic acids is 1. The van der Waals surface area contributed by atoms with Crippen molar-refractivity contribution in [2.45, 2.75) is 6.42 Å². The predicted molar refractivity (Wildman–Crippen MR) is 84.6 cm³/mol. The quantitative estimate of drug-likeness (QED) is 0.806. The van der Waals surface area contributed by atoms with Gasteiger partial charge >= 0.3 is 0 Å². The van der Waals surface area contributed by atoms with Crippen molar-refractivity contribution in [2.75, 3.05) is 5.32 Å². The number of aromatic nitrogens is 3. The van der Waals surface area contributed by atoms with Crippen LogP contribution in [0.3, 0.4) is 0 Å². The molecule has 0 saturated carbocycles. The van der Waals surface area contributed by atoms with Crippen LogP contribution in [0.5, 0.6) is 0 Å². The molecule has 0 atom stereocenters. The van der Waals surface area contributed by atoms with Crippen LogP contribution >= 0.6 is 0 Å². The molecule has 0 bridgehead atoms. The van der Waals surface area contributed by atoms with Crippen LogP contribution in [0.15, 0.2) is 54.9 Å². The summed E-state index contributed by atoms with van der Waals surface area (Å²) in [5.41, 5.74) is 2.00. The van der Waals surface area contributed by atoms with Crippen molar-refractivity contribution >= 4 is 11.7 Å².